The quantitative estimate of drug-likeness (QED) is 0.392. The van der Waals surface area contributed by atoms with Crippen LogP contribution in [0.1, 0.15) is 12.8 Å². The van der Waals surface area contributed by atoms with Crippen molar-refractivity contribution in [1.29, 1.82) is 0 Å². The molecule has 36 heavy (non-hydrogen) atoms. The van der Waals surface area contributed by atoms with Gasteiger partial charge >= 0.3 is 0 Å². The Hall–Kier alpha value is -3.89. The summed E-state index contributed by atoms with van der Waals surface area (Å²) in [5.74, 6) is 1.30. The van der Waals surface area contributed by atoms with E-state index in [2.05, 4.69) is 20.3 Å². The third kappa shape index (κ3) is 4.08. The van der Waals surface area contributed by atoms with Crippen molar-refractivity contribution < 1.29 is 19.4 Å². The lowest BCUT2D eigenvalue weighted by Crippen LogP contribution is -2.59. The molecule has 1 aliphatic carbocycles. The highest BCUT2D eigenvalue weighted by Gasteiger charge is 2.52. The summed E-state index contributed by atoms with van der Waals surface area (Å²) in [5, 5.41) is 13.6. The third-order valence-corrected chi connectivity index (χ3v) is 6.66. The lowest BCUT2D eigenvalue weighted by atomic mass is 10.1. The predicted octanol–water partition coefficient (Wildman–Crippen LogP) is 3.31. The van der Waals surface area contributed by atoms with Gasteiger partial charge in [-0.2, -0.15) is 0 Å². The molecule has 0 radical (unpaired) electrons. The molecule has 10 nitrogen and oxygen atoms in total. The van der Waals surface area contributed by atoms with Crippen molar-refractivity contribution in [3.63, 3.8) is 0 Å². The number of carbonyl (C=O) groups excluding carboxylic acids is 1. The molecule has 3 aromatic heterocycles. The molecule has 0 unspecified atom stereocenters. The van der Waals surface area contributed by atoms with Gasteiger partial charge in [0.25, 0.3) is 5.91 Å². The molecule has 1 aliphatic heterocycles. The van der Waals surface area contributed by atoms with Crippen LogP contribution in [0.5, 0.6) is 11.5 Å². The number of aromatic nitrogens is 4. The molecular weight excluding hydrogens is 484 g/mol. The number of halogens is 1. The molecule has 1 amide bonds. The molecule has 0 bridgehead atoms. The fourth-order valence-electron chi connectivity index (χ4n) is 4.18. The van der Waals surface area contributed by atoms with E-state index >= 15 is 0 Å². The molecule has 4 heterocycles. The molecule has 6 rings (SSSR count). The Balaban J connectivity index is 1.17. The van der Waals surface area contributed by atoms with Crippen LogP contribution in [0, 0.1) is 0 Å². The highest BCUT2D eigenvalue weighted by molar-refractivity contribution is 6.32. The van der Waals surface area contributed by atoms with Crippen LogP contribution in [-0.4, -0.2) is 67.2 Å². The molecule has 1 saturated carbocycles. The van der Waals surface area contributed by atoms with Crippen LogP contribution in [0.15, 0.2) is 55.0 Å². The van der Waals surface area contributed by atoms with Crippen LogP contribution in [0.3, 0.4) is 0 Å². The highest BCUT2D eigenvalue weighted by atomic mass is 35.5. The van der Waals surface area contributed by atoms with Crippen molar-refractivity contribution in [2.24, 2.45) is 0 Å². The Labute approximate surface area is 211 Å². The molecule has 0 spiro atoms. The second-order valence-corrected chi connectivity index (χ2v) is 9.34. The largest absolute Gasteiger partial charge is 0.494 e. The normalized spacial score (nSPS) is 16.5. The van der Waals surface area contributed by atoms with Crippen molar-refractivity contribution in [3.8, 4) is 22.9 Å². The van der Waals surface area contributed by atoms with Crippen LogP contribution in [0.4, 0.5) is 11.6 Å². The Morgan fingerprint density at radius 1 is 1.19 bits per heavy atom. The Morgan fingerprint density at radius 2 is 2.03 bits per heavy atom. The fourth-order valence-corrected chi connectivity index (χ4v) is 4.37. The fraction of sp³-hybridized carbons (Fsp3) is 0.280. The summed E-state index contributed by atoms with van der Waals surface area (Å²) < 4.78 is 13.5. The van der Waals surface area contributed by atoms with Gasteiger partial charge in [0.05, 0.1) is 49.0 Å². The number of imidazole rings is 1. The number of rotatable bonds is 7. The lowest BCUT2D eigenvalue weighted by Gasteiger charge is -2.40. The molecular formula is C25H23ClN6O4. The number of ether oxygens (including phenoxy) is 2. The van der Waals surface area contributed by atoms with Crippen LogP contribution < -0.4 is 14.8 Å². The van der Waals surface area contributed by atoms with Gasteiger partial charge in [0.2, 0.25) is 5.95 Å². The number of pyridine rings is 1. The van der Waals surface area contributed by atoms with Gasteiger partial charge in [0, 0.05) is 12.3 Å². The Morgan fingerprint density at radius 3 is 2.81 bits per heavy atom. The van der Waals surface area contributed by atoms with E-state index in [0.717, 1.165) is 11.3 Å². The van der Waals surface area contributed by atoms with Crippen molar-refractivity contribution >= 4 is 34.8 Å². The molecule has 2 aliphatic rings. The van der Waals surface area contributed by atoms with E-state index < -0.39 is 5.60 Å². The number of carbonyl (C=O) groups is 1. The van der Waals surface area contributed by atoms with Crippen molar-refractivity contribution in [2.45, 2.75) is 24.5 Å². The molecule has 11 heteroatoms. The molecule has 1 aromatic carbocycles. The minimum absolute atomic E-state index is 0.132. The first kappa shape index (κ1) is 22.6. The predicted molar refractivity (Wildman–Crippen MR) is 133 cm³/mol. The van der Waals surface area contributed by atoms with Gasteiger partial charge in [-0.15, -0.1) is 0 Å². The number of anilines is 2. The maximum Gasteiger partial charge on any atom is 0.254 e. The van der Waals surface area contributed by atoms with Crippen LogP contribution in [-0.2, 0) is 4.79 Å². The van der Waals surface area contributed by atoms with Crippen molar-refractivity contribution in [3.05, 3.63) is 60.0 Å². The van der Waals surface area contributed by atoms with E-state index in [0.29, 0.717) is 59.8 Å². The van der Waals surface area contributed by atoms with Gasteiger partial charge in [-0.3, -0.25) is 9.20 Å². The number of fused-ring (bicyclic) bond motifs is 1. The molecule has 0 atom stereocenters. The van der Waals surface area contributed by atoms with E-state index in [4.69, 9.17) is 21.1 Å². The average molecular weight is 507 g/mol. The SMILES string of the molecule is COc1cc(OC2CN(C(=O)C3(O)CC3)C2)ccc1Nc1ncc(Cl)c(-c2cnc3ccccn23)n1. The maximum atomic E-state index is 12.2. The standard InChI is InChI=1S/C25H23ClN6O4/c1-35-20-10-15(36-16-13-31(14-16)23(33)25(34)7-8-25)5-6-18(20)29-24-28-11-17(26)22(30-24)19-12-27-21-4-2-3-9-32(19)21/h2-6,9-12,16,34H,7-8,13-14H2,1H3,(H,28,29,30). The first-order chi connectivity index (χ1) is 17.4. The van der Waals surface area contributed by atoms with Gasteiger partial charge in [0.15, 0.2) is 0 Å². The molecule has 2 fully saturated rings. The first-order valence-corrected chi connectivity index (χ1v) is 11.9. The van der Waals surface area contributed by atoms with Crippen molar-refractivity contribution in [1.82, 2.24) is 24.3 Å². The number of hydrogen-bond donors (Lipinski definition) is 2. The second kappa shape index (κ2) is 8.65. The summed E-state index contributed by atoms with van der Waals surface area (Å²) in [6.45, 7) is 0.905. The smallest absolute Gasteiger partial charge is 0.254 e. The van der Waals surface area contributed by atoms with Gasteiger partial charge in [-0.05, 0) is 37.1 Å². The van der Waals surface area contributed by atoms with E-state index in [-0.39, 0.29) is 12.0 Å². The van der Waals surface area contributed by atoms with Gasteiger partial charge in [-0.1, -0.05) is 17.7 Å². The average Bonchev–Trinajstić information content (AvgIpc) is 3.48. The summed E-state index contributed by atoms with van der Waals surface area (Å²) in [6.07, 6.45) is 6.11. The second-order valence-electron chi connectivity index (χ2n) is 8.93. The molecule has 184 valence electrons. The molecule has 4 aromatic rings. The summed E-state index contributed by atoms with van der Waals surface area (Å²) in [5.41, 5.74) is 1.59. The minimum Gasteiger partial charge on any atom is -0.494 e. The van der Waals surface area contributed by atoms with Gasteiger partial charge < -0.3 is 24.8 Å². The monoisotopic (exact) mass is 506 g/mol. The zero-order chi connectivity index (χ0) is 24.9. The maximum absolute atomic E-state index is 12.2. The van der Waals surface area contributed by atoms with Gasteiger partial charge in [0.1, 0.15) is 34.5 Å². The number of nitrogens with one attached hydrogen (secondary N) is 1. The van der Waals surface area contributed by atoms with Crippen LogP contribution >= 0.6 is 11.6 Å². The number of methoxy groups -OCH3 is 1. The van der Waals surface area contributed by atoms with Gasteiger partial charge in [-0.25, -0.2) is 15.0 Å². The Bertz CT molecular complexity index is 1460. The topological polar surface area (TPSA) is 114 Å². The zero-order valence-electron chi connectivity index (χ0n) is 19.4. The Kier molecular flexibility index (Phi) is 5.42. The number of benzene rings is 1. The highest BCUT2D eigenvalue weighted by Crippen LogP contribution is 2.38. The molecule has 2 N–H and O–H groups in total. The minimum atomic E-state index is -1.14. The van der Waals surface area contributed by atoms with E-state index in [1.54, 1.807) is 30.5 Å². The first-order valence-electron chi connectivity index (χ1n) is 11.5. The number of likely N-dealkylation sites (tertiary alicyclic amines) is 1. The van der Waals surface area contributed by atoms with Crippen molar-refractivity contribution in [2.75, 3.05) is 25.5 Å². The van der Waals surface area contributed by atoms with E-state index in [1.165, 1.54) is 0 Å². The summed E-state index contributed by atoms with van der Waals surface area (Å²) in [7, 11) is 1.57. The van der Waals surface area contributed by atoms with E-state index in [1.807, 2.05) is 40.9 Å². The summed E-state index contributed by atoms with van der Waals surface area (Å²) in [4.78, 5) is 27.1. The van der Waals surface area contributed by atoms with E-state index in [9.17, 15) is 9.90 Å². The van der Waals surface area contributed by atoms with Crippen LogP contribution in [0.2, 0.25) is 5.02 Å². The zero-order valence-corrected chi connectivity index (χ0v) is 20.1. The third-order valence-electron chi connectivity index (χ3n) is 6.38. The summed E-state index contributed by atoms with van der Waals surface area (Å²) >= 11 is 6.42. The number of hydrogen-bond acceptors (Lipinski definition) is 8. The number of amides is 1. The number of aliphatic hydroxyl groups is 1. The van der Waals surface area contributed by atoms with Crippen LogP contribution in [0.25, 0.3) is 17.0 Å². The number of nitrogens with zero attached hydrogens (tertiary/aromatic N) is 5. The molecule has 1 saturated heterocycles. The lowest BCUT2D eigenvalue weighted by molar-refractivity contribution is -0.151. The summed E-state index contributed by atoms with van der Waals surface area (Å²) in [6, 6.07) is 11.1.